The van der Waals surface area contributed by atoms with Crippen molar-refractivity contribution in [2.45, 2.75) is 53.0 Å². The van der Waals surface area contributed by atoms with E-state index in [1.54, 1.807) is 0 Å². The Morgan fingerprint density at radius 2 is 1.47 bits per heavy atom. The molecule has 108 valence electrons. The van der Waals surface area contributed by atoms with Gasteiger partial charge in [-0.3, -0.25) is 0 Å². The van der Waals surface area contributed by atoms with Crippen LogP contribution >= 0.6 is 0 Å². The zero-order valence-corrected chi connectivity index (χ0v) is 12.9. The Hall–Kier alpha value is -1.02. The first-order valence-electron chi connectivity index (χ1n) is 7.86. The molecule has 0 bridgehead atoms. The molecule has 0 amide bonds. The lowest BCUT2D eigenvalue weighted by molar-refractivity contribution is 0.677. The fraction of sp³-hybridized carbons (Fsp3) is 0.647. The van der Waals surface area contributed by atoms with Crippen LogP contribution in [0.3, 0.4) is 0 Å². The first-order valence-corrected chi connectivity index (χ1v) is 7.86. The maximum Gasteiger partial charge on any atom is 0.0366 e. The van der Waals surface area contributed by atoms with E-state index in [0.29, 0.717) is 0 Å². The van der Waals surface area contributed by atoms with Gasteiger partial charge in [-0.25, -0.2) is 0 Å². The minimum absolute atomic E-state index is 0.973. The minimum atomic E-state index is 0.973. The SMILES string of the molecule is CCCCN(CCCC)c1ccc(CNCC)cc1. The molecule has 0 atom stereocenters. The van der Waals surface area contributed by atoms with Gasteiger partial charge in [0, 0.05) is 25.3 Å². The third kappa shape index (κ3) is 6.11. The van der Waals surface area contributed by atoms with Crippen molar-refractivity contribution in [3.8, 4) is 0 Å². The predicted molar refractivity (Wildman–Crippen MR) is 85.9 cm³/mol. The molecule has 1 aromatic rings. The van der Waals surface area contributed by atoms with Crippen molar-refractivity contribution in [3.63, 3.8) is 0 Å². The lowest BCUT2D eigenvalue weighted by atomic mass is 10.1. The zero-order chi connectivity index (χ0) is 13.9. The molecule has 19 heavy (non-hydrogen) atoms. The summed E-state index contributed by atoms with van der Waals surface area (Å²) in [6.45, 7) is 11.0. The van der Waals surface area contributed by atoms with Gasteiger partial charge in [0.1, 0.15) is 0 Å². The highest BCUT2D eigenvalue weighted by Crippen LogP contribution is 2.17. The molecule has 0 unspecified atom stereocenters. The highest BCUT2D eigenvalue weighted by molar-refractivity contribution is 5.47. The molecule has 0 radical (unpaired) electrons. The van der Waals surface area contributed by atoms with Crippen molar-refractivity contribution in [2.24, 2.45) is 0 Å². The molecular formula is C17H30N2. The summed E-state index contributed by atoms with van der Waals surface area (Å²) >= 11 is 0. The average molecular weight is 262 g/mol. The second kappa shape index (κ2) is 9.85. The third-order valence-corrected chi connectivity index (χ3v) is 3.44. The Labute approximate surface area is 119 Å². The molecule has 0 fully saturated rings. The van der Waals surface area contributed by atoms with E-state index < -0.39 is 0 Å². The van der Waals surface area contributed by atoms with Crippen LogP contribution in [0.25, 0.3) is 0 Å². The number of rotatable bonds is 10. The summed E-state index contributed by atoms with van der Waals surface area (Å²) in [5, 5.41) is 3.37. The van der Waals surface area contributed by atoms with Crippen molar-refractivity contribution >= 4 is 5.69 Å². The van der Waals surface area contributed by atoms with E-state index in [9.17, 15) is 0 Å². The largest absolute Gasteiger partial charge is 0.372 e. The summed E-state index contributed by atoms with van der Waals surface area (Å²) in [7, 11) is 0. The van der Waals surface area contributed by atoms with E-state index in [-0.39, 0.29) is 0 Å². The molecular weight excluding hydrogens is 232 g/mol. The molecule has 0 aromatic heterocycles. The summed E-state index contributed by atoms with van der Waals surface area (Å²) in [6.07, 6.45) is 5.09. The molecule has 0 aliphatic heterocycles. The maximum atomic E-state index is 3.37. The van der Waals surface area contributed by atoms with E-state index >= 15 is 0 Å². The number of hydrogen-bond donors (Lipinski definition) is 1. The van der Waals surface area contributed by atoms with Crippen molar-refractivity contribution in [3.05, 3.63) is 29.8 Å². The van der Waals surface area contributed by atoms with E-state index in [4.69, 9.17) is 0 Å². The van der Waals surface area contributed by atoms with Crippen molar-refractivity contribution in [1.82, 2.24) is 5.32 Å². The van der Waals surface area contributed by atoms with Crippen LogP contribution in [0.4, 0.5) is 5.69 Å². The van der Waals surface area contributed by atoms with Gasteiger partial charge in [-0.2, -0.15) is 0 Å². The second-order valence-electron chi connectivity index (χ2n) is 5.14. The van der Waals surface area contributed by atoms with Gasteiger partial charge in [-0.1, -0.05) is 45.7 Å². The standard InChI is InChI=1S/C17H30N2/c1-4-7-13-19(14-8-5-2)17-11-9-16(10-12-17)15-18-6-3/h9-12,18H,4-8,13-15H2,1-3H3. The van der Waals surface area contributed by atoms with Crippen LogP contribution in [-0.4, -0.2) is 19.6 Å². The summed E-state index contributed by atoms with van der Waals surface area (Å²) < 4.78 is 0. The number of benzene rings is 1. The number of hydrogen-bond acceptors (Lipinski definition) is 2. The first-order chi connectivity index (χ1) is 9.31. The molecule has 2 heteroatoms. The molecule has 1 rings (SSSR count). The van der Waals surface area contributed by atoms with E-state index in [0.717, 1.165) is 13.1 Å². The summed E-state index contributed by atoms with van der Waals surface area (Å²) in [4.78, 5) is 2.53. The molecule has 0 saturated heterocycles. The van der Waals surface area contributed by atoms with Gasteiger partial charge in [0.05, 0.1) is 0 Å². The second-order valence-corrected chi connectivity index (χ2v) is 5.14. The molecule has 0 spiro atoms. The number of nitrogens with zero attached hydrogens (tertiary/aromatic N) is 1. The maximum absolute atomic E-state index is 3.37. The molecule has 2 nitrogen and oxygen atoms in total. The topological polar surface area (TPSA) is 15.3 Å². The molecule has 1 N–H and O–H groups in total. The lowest BCUT2D eigenvalue weighted by Gasteiger charge is -2.25. The summed E-state index contributed by atoms with van der Waals surface area (Å²) in [6, 6.07) is 9.06. The molecule has 1 aromatic carbocycles. The predicted octanol–water partition coefficient (Wildman–Crippen LogP) is 4.20. The normalized spacial score (nSPS) is 10.7. The van der Waals surface area contributed by atoms with E-state index in [1.165, 1.54) is 50.0 Å². The van der Waals surface area contributed by atoms with Gasteiger partial charge in [0.25, 0.3) is 0 Å². The van der Waals surface area contributed by atoms with E-state index in [2.05, 4.69) is 55.3 Å². The van der Waals surface area contributed by atoms with Crippen molar-refractivity contribution < 1.29 is 0 Å². The Bertz CT molecular complexity index is 311. The van der Waals surface area contributed by atoms with Crippen LogP contribution < -0.4 is 10.2 Å². The van der Waals surface area contributed by atoms with Crippen LogP contribution in [0, 0.1) is 0 Å². The van der Waals surface area contributed by atoms with Crippen LogP contribution in [0.2, 0.25) is 0 Å². The highest BCUT2D eigenvalue weighted by atomic mass is 15.1. The van der Waals surface area contributed by atoms with Gasteiger partial charge in [0.15, 0.2) is 0 Å². The van der Waals surface area contributed by atoms with Crippen LogP contribution in [-0.2, 0) is 6.54 Å². The molecule has 0 aliphatic carbocycles. The molecule has 0 saturated carbocycles. The van der Waals surface area contributed by atoms with Crippen molar-refractivity contribution in [1.29, 1.82) is 0 Å². The summed E-state index contributed by atoms with van der Waals surface area (Å²) in [5.41, 5.74) is 2.75. The third-order valence-electron chi connectivity index (χ3n) is 3.44. The number of anilines is 1. The van der Waals surface area contributed by atoms with Gasteiger partial charge in [-0.05, 0) is 37.1 Å². The monoisotopic (exact) mass is 262 g/mol. The molecule has 0 heterocycles. The Morgan fingerprint density at radius 1 is 0.895 bits per heavy atom. The summed E-state index contributed by atoms with van der Waals surface area (Å²) in [5.74, 6) is 0. The zero-order valence-electron chi connectivity index (χ0n) is 12.9. The minimum Gasteiger partial charge on any atom is -0.372 e. The smallest absolute Gasteiger partial charge is 0.0366 e. The van der Waals surface area contributed by atoms with Gasteiger partial charge in [0.2, 0.25) is 0 Å². The Kier molecular flexibility index (Phi) is 8.31. The quantitative estimate of drug-likeness (QED) is 0.680. The van der Waals surface area contributed by atoms with Crippen LogP contribution in [0.5, 0.6) is 0 Å². The Morgan fingerprint density at radius 3 is 1.95 bits per heavy atom. The lowest BCUT2D eigenvalue weighted by Crippen LogP contribution is -2.25. The van der Waals surface area contributed by atoms with Gasteiger partial charge < -0.3 is 10.2 Å². The van der Waals surface area contributed by atoms with E-state index in [1.807, 2.05) is 0 Å². The van der Waals surface area contributed by atoms with Crippen LogP contribution in [0.15, 0.2) is 24.3 Å². The van der Waals surface area contributed by atoms with Gasteiger partial charge >= 0.3 is 0 Å². The molecule has 0 aliphatic rings. The van der Waals surface area contributed by atoms with Gasteiger partial charge in [-0.15, -0.1) is 0 Å². The average Bonchev–Trinajstić information content (AvgIpc) is 2.46. The first kappa shape index (κ1) is 16.0. The fourth-order valence-electron chi connectivity index (χ4n) is 2.16. The number of unbranched alkanes of at least 4 members (excludes halogenated alkanes) is 2. The van der Waals surface area contributed by atoms with Crippen LogP contribution in [0.1, 0.15) is 52.0 Å². The highest BCUT2D eigenvalue weighted by Gasteiger charge is 2.05. The fourth-order valence-corrected chi connectivity index (χ4v) is 2.16. The number of nitrogens with one attached hydrogen (secondary N) is 1. The Balaban J connectivity index is 2.61. The van der Waals surface area contributed by atoms with Crippen molar-refractivity contribution in [2.75, 3.05) is 24.5 Å².